The Labute approximate surface area is 205 Å². The summed E-state index contributed by atoms with van der Waals surface area (Å²) in [5.74, 6) is -0.496. The second-order valence-electron chi connectivity index (χ2n) is 8.73. The molecule has 2 saturated heterocycles. The number of morpholine rings is 1. The molecule has 4 rings (SSSR count). The van der Waals surface area contributed by atoms with Crippen LogP contribution in [0.25, 0.3) is 5.76 Å². The highest BCUT2D eigenvalue weighted by atomic mass is 16.5. The molecule has 0 aromatic heterocycles. The molecule has 1 N–H and O–H groups in total. The first kappa shape index (κ1) is 24.8. The molecule has 2 fully saturated rings. The van der Waals surface area contributed by atoms with Crippen molar-refractivity contribution in [1.29, 1.82) is 0 Å². The third kappa shape index (κ3) is 5.49. The molecule has 2 aliphatic heterocycles. The van der Waals surface area contributed by atoms with Crippen molar-refractivity contribution in [3.05, 3.63) is 65.2 Å². The minimum atomic E-state index is -0.745. The highest BCUT2D eigenvalue weighted by Crippen LogP contribution is 2.39. The largest absolute Gasteiger partial charge is 0.872 e. The maximum absolute atomic E-state index is 13.6. The van der Waals surface area contributed by atoms with Crippen LogP contribution in [0.2, 0.25) is 0 Å². The molecule has 0 spiro atoms. The van der Waals surface area contributed by atoms with Gasteiger partial charge in [-0.2, -0.15) is 0 Å². The molecule has 35 heavy (non-hydrogen) atoms. The number of methoxy groups -OCH3 is 1. The number of carbonyl (C=O) groups excluding carboxylic acids is 2. The number of likely N-dealkylation sites (tertiary alicyclic amines) is 1. The molecular formula is C27H32N2O6. The summed E-state index contributed by atoms with van der Waals surface area (Å²) in [4.78, 5) is 29.2. The Morgan fingerprint density at radius 3 is 2.34 bits per heavy atom. The van der Waals surface area contributed by atoms with Gasteiger partial charge in [-0.3, -0.25) is 9.59 Å². The molecule has 0 saturated carbocycles. The van der Waals surface area contributed by atoms with Gasteiger partial charge in [0.15, 0.2) is 0 Å². The maximum Gasteiger partial charge on any atom is 0.295 e. The van der Waals surface area contributed by atoms with Crippen LogP contribution >= 0.6 is 0 Å². The van der Waals surface area contributed by atoms with Crippen LogP contribution in [0.15, 0.2) is 54.1 Å². The summed E-state index contributed by atoms with van der Waals surface area (Å²) < 4.78 is 16.3. The van der Waals surface area contributed by atoms with Crippen molar-refractivity contribution in [3.8, 4) is 11.5 Å². The van der Waals surface area contributed by atoms with Gasteiger partial charge in [0.05, 0.1) is 46.1 Å². The van der Waals surface area contributed by atoms with E-state index in [0.717, 1.165) is 19.5 Å². The number of carbonyl (C=O) groups is 2. The van der Waals surface area contributed by atoms with E-state index in [-0.39, 0.29) is 5.57 Å². The second kappa shape index (κ2) is 11.4. The second-order valence-corrected chi connectivity index (χ2v) is 8.73. The number of Topliss-reactive ketones (excluding diaryl/α,β-unsaturated/α-hetero) is 1. The van der Waals surface area contributed by atoms with E-state index in [9.17, 15) is 14.7 Å². The highest BCUT2D eigenvalue weighted by Gasteiger charge is 2.44. The minimum Gasteiger partial charge on any atom is -0.872 e. The Morgan fingerprint density at radius 2 is 1.71 bits per heavy atom. The maximum atomic E-state index is 13.6. The zero-order valence-electron chi connectivity index (χ0n) is 20.2. The molecule has 2 heterocycles. The van der Waals surface area contributed by atoms with Crippen molar-refractivity contribution in [2.75, 3.05) is 53.1 Å². The molecule has 8 heteroatoms. The Bertz CT molecular complexity index is 1060. The van der Waals surface area contributed by atoms with Gasteiger partial charge in [0.25, 0.3) is 5.91 Å². The topological polar surface area (TPSA) is 92.6 Å². The number of amides is 1. The van der Waals surface area contributed by atoms with Crippen LogP contribution in [-0.2, 0) is 14.3 Å². The lowest BCUT2D eigenvalue weighted by molar-refractivity contribution is -0.907. The molecule has 2 aromatic rings. The van der Waals surface area contributed by atoms with Gasteiger partial charge in [-0.15, -0.1) is 0 Å². The van der Waals surface area contributed by atoms with E-state index in [1.165, 1.54) is 4.90 Å². The lowest BCUT2D eigenvalue weighted by Crippen LogP contribution is -3.14. The van der Waals surface area contributed by atoms with E-state index in [0.29, 0.717) is 55.5 Å². The monoisotopic (exact) mass is 480 g/mol. The summed E-state index contributed by atoms with van der Waals surface area (Å²) in [7, 11) is 1.57. The predicted molar refractivity (Wildman–Crippen MR) is 128 cm³/mol. The summed E-state index contributed by atoms with van der Waals surface area (Å²) in [6, 6.07) is 13.1. The molecule has 0 radical (unpaired) electrons. The molecule has 0 aliphatic carbocycles. The first-order chi connectivity index (χ1) is 17.0. The Kier molecular flexibility index (Phi) is 8.05. The minimum absolute atomic E-state index is 0.0145. The van der Waals surface area contributed by atoms with Gasteiger partial charge in [0, 0.05) is 5.57 Å². The number of hydrogen-bond donors (Lipinski definition) is 1. The average molecular weight is 481 g/mol. The van der Waals surface area contributed by atoms with Gasteiger partial charge >= 0.3 is 0 Å². The van der Waals surface area contributed by atoms with E-state index < -0.39 is 23.5 Å². The van der Waals surface area contributed by atoms with E-state index >= 15 is 0 Å². The van der Waals surface area contributed by atoms with E-state index in [1.54, 1.807) is 60.5 Å². The predicted octanol–water partition coefficient (Wildman–Crippen LogP) is 0.623. The number of hydrogen-bond acceptors (Lipinski definition) is 6. The molecule has 2 aliphatic rings. The first-order valence-corrected chi connectivity index (χ1v) is 12.1. The summed E-state index contributed by atoms with van der Waals surface area (Å²) in [6.07, 6.45) is 0.876. The molecule has 8 nitrogen and oxygen atoms in total. The number of benzene rings is 2. The van der Waals surface area contributed by atoms with Crippen LogP contribution < -0.4 is 19.5 Å². The van der Waals surface area contributed by atoms with Crippen LogP contribution in [0, 0.1) is 0 Å². The smallest absolute Gasteiger partial charge is 0.295 e. The van der Waals surface area contributed by atoms with Crippen molar-refractivity contribution in [3.63, 3.8) is 0 Å². The number of ketones is 1. The van der Waals surface area contributed by atoms with Crippen molar-refractivity contribution in [2.24, 2.45) is 0 Å². The standard InChI is InChI=1S/C27H32N2O6/c1-3-16-35-22-10-6-20(7-11-22)25(30)23-24(19-4-8-21(33-2)9-5-19)29(27(32)26(23)31)13-12-28-14-17-34-18-15-28/h4-11,24,30H,3,12-18H2,1-2H3/b25-23+. The van der Waals surface area contributed by atoms with E-state index in [2.05, 4.69) is 0 Å². The number of ether oxygens (including phenoxy) is 3. The highest BCUT2D eigenvalue weighted by molar-refractivity contribution is 6.46. The van der Waals surface area contributed by atoms with Crippen molar-refractivity contribution < 1.29 is 33.8 Å². The van der Waals surface area contributed by atoms with Gasteiger partial charge in [-0.25, -0.2) is 0 Å². The van der Waals surface area contributed by atoms with Crippen LogP contribution in [0.3, 0.4) is 0 Å². The SMILES string of the molecule is CCCOc1ccc(/C([O-])=C2\C(=O)C(=O)N(CC[NH+]3CCOCC3)C2c2ccc(OC)cc2)cc1. The third-order valence-electron chi connectivity index (χ3n) is 6.46. The Morgan fingerprint density at radius 1 is 1.06 bits per heavy atom. The molecule has 0 bridgehead atoms. The zero-order chi connectivity index (χ0) is 24.8. The van der Waals surface area contributed by atoms with E-state index in [4.69, 9.17) is 14.2 Å². The fraction of sp³-hybridized carbons (Fsp3) is 0.407. The molecule has 1 amide bonds. The fourth-order valence-corrected chi connectivity index (χ4v) is 4.50. The van der Waals surface area contributed by atoms with Crippen molar-refractivity contribution >= 4 is 17.4 Å². The Hall–Kier alpha value is -3.36. The number of rotatable bonds is 9. The number of nitrogens with one attached hydrogen (secondary N) is 1. The summed E-state index contributed by atoms with van der Waals surface area (Å²) >= 11 is 0. The summed E-state index contributed by atoms with van der Waals surface area (Å²) in [5, 5.41) is 13.6. The summed E-state index contributed by atoms with van der Waals surface area (Å²) in [6.45, 7) is 6.71. The van der Waals surface area contributed by atoms with Crippen molar-refractivity contribution in [2.45, 2.75) is 19.4 Å². The third-order valence-corrected chi connectivity index (χ3v) is 6.46. The van der Waals surface area contributed by atoms with E-state index in [1.807, 2.05) is 6.92 Å². The van der Waals surface area contributed by atoms with Gasteiger partial charge in [0.1, 0.15) is 24.6 Å². The number of nitrogens with zero attached hydrogens (tertiary/aromatic N) is 1. The average Bonchev–Trinajstić information content (AvgIpc) is 3.16. The fourth-order valence-electron chi connectivity index (χ4n) is 4.50. The van der Waals surface area contributed by atoms with Crippen LogP contribution in [-0.4, -0.2) is 69.7 Å². The van der Waals surface area contributed by atoms with Crippen molar-refractivity contribution in [1.82, 2.24) is 4.90 Å². The lowest BCUT2D eigenvalue weighted by atomic mass is 9.95. The zero-order valence-corrected chi connectivity index (χ0v) is 20.2. The first-order valence-electron chi connectivity index (χ1n) is 12.1. The van der Waals surface area contributed by atoms with Gasteiger partial charge in [-0.1, -0.05) is 36.9 Å². The molecule has 1 atom stereocenters. The summed E-state index contributed by atoms with van der Waals surface area (Å²) in [5.41, 5.74) is 1.04. The molecule has 186 valence electrons. The molecule has 2 aromatic carbocycles. The van der Waals surface area contributed by atoms with Crippen LogP contribution in [0.4, 0.5) is 0 Å². The quantitative estimate of drug-likeness (QED) is 0.322. The van der Waals surface area contributed by atoms with Gasteiger partial charge in [-0.05, 0) is 41.8 Å². The van der Waals surface area contributed by atoms with Gasteiger partial charge < -0.3 is 29.1 Å². The van der Waals surface area contributed by atoms with Crippen LogP contribution in [0.5, 0.6) is 11.5 Å². The normalized spacial score (nSPS) is 20.3. The Balaban J connectivity index is 1.68. The van der Waals surface area contributed by atoms with Crippen LogP contribution in [0.1, 0.15) is 30.5 Å². The molecule has 1 unspecified atom stereocenters. The lowest BCUT2D eigenvalue weighted by Gasteiger charge is -2.30. The number of quaternary nitrogens is 1. The van der Waals surface area contributed by atoms with Gasteiger partial charge in [0.2, 0.25) is 5.78 Å². The molecular weight excluding hydrogens is 448 g/mol.